The number of rotatable bonds is 5. The maximum absolute atomic E-state index is 12.4. The molecule has 0 bridgehead atoms. The Labute approximate surface area is 127 Å². The molecular formula is C17H25NO3. The predicted molar refractivity (Wildman–Crippen MR) is 83.1 cm³/mol. The van der Waals surface area contributed by atoms with E-state index in [-0.39, 0.29) is 17.9 Å². The van der Waals surface area contributed by atoms with Crippen LogP contribution in [0.2, 0.25) is 0 Å². The molecule has 4 nitrogen and oxygen atoms in total. The van der Waals surface area contributed by atoms with Crippen LogP contribution in [0.25, 0.3) is 0 Å². The molecule has 1 atom stereocenters. The summed E-state index contributed by atoms with van der Waals surface area (Å²) < 4.78 is 5.45. The number of ether oxygens (including phenoxy) is 1. The molecule has 0 saturated heterocycles. The summed E-state index contributed by atoms with van der Waals surface area (Å²) in [6.45, 7) is 9.34. The van der Waals surface area contributed by atoms with E-state index in [0.29, 0.717) is 13.0 Å². The van der Waals surface area contributed by atoms with Crippen LogP contribution in [0, 0.1) is 0 Å². The second-order valence-electron chi connectivity index (χ2n) is 6.21. The van der Waals surface area contributed by atoms with E-state index in [1.807, 2.05) is 58.0 Å². The van der Waals surface area contributed by atoms with Gasteiger partial charge in [0.2, 0.25) is 0 Å². The van der Waals surface area contributed by atoms with E-state index in [2.05, 4.69) is 0 Å². The number of hydrogen-bond donors (Lipinski definition) is 0. The van der Waals surface area contributed by atoms with Gasteiger partial charge in [0, 0.05) is 13.0 Å². The molecule has 0 radical (unpaired) electrons. The van der Waals surface area contributed by atoms with Gasteiger partial charge in [-0.2, -0.15) is 0 Å². The molecule has 21 heavy (non-hydrogen) atoms. The van der Waals surface area contributed by atoms with Crippen LogP contribution in [0.5, 0.6) is 0 Å². The highest BCUT2D eigenvalue weighted by atomic mass is 16.6. The lowest BCUT2D eigenvalue weighted by Crippen LogP contribution is -2.39. The van der Waals surface area contributed by atoms with Crippen molar-refractivity contribution in [2.45, 2.75) is 52.7 Å². The highest BCUT2D eigenvalue weighted by Crippen LogP contribution is 2.23. The normalized spacial score (nSPS) is 12.6. The first kappa shape index (κ1) is 17.2. The number of benzene rings is 1. The van der Waals surface area contributed by atoms with Gasteiger partial charge in [0.15, 0.2) is 0 Å². The SMILES string of the molecule is CC(=O)CCN(C(=O)OC(C)(C)C)C(C)c1ccccc1. The predicted octanol–water partition coefficient (Wildman–Crippen LogP) is 3.96. The molecule has 1 rings (SSSR count). The Morgan fingerprint density at radius 1 is 1.19 bits per heavy atom. The molecule has 0 saturated carbocycles. The van der Waals surface area contributed by atoms with E-state index in [9.17, 15) is 9.59 Å². The topological polar surface area (TPSA) is 46.6 Å². The Kier molecular flexibility index (Phi) is 5.94. The number of hydrogen-bond acceptors (Lipinski definition) is 3. The summed E-state index contributed by atoms with van der Waals surface area (Å²) in [6, 6.07) is 9.60. The molecule has 0 spiro atoms. The van der Waals surface area contributed by atoms with Gasteiger partial charge in [0.25, 0.3) is 0 Å². The minimum Gasteiger partial charge on any atom is -0.444 e. The van der Waals surface area contributed by atoms with Crippen LogP contribution >= 0.6 is 0 Å². The molecule has 0 aliphatic carbocycles. The smallest absolute Gasteiger partial charge is 0.410 e. The van der Waals surface area contributed by atoms with Gasteiger partial charge < -0.3 is 9.64 Å². The second-order valence-corrected chi connectivity index (χ2v) is 6.21. The van der Waals surface area contributed by atoms with Crippen molar-refractivity contribution in [3.05, 3.63) is 35.9 Å². The lowest BCUT2D eigenvalue weighted by Gasteiger charge is -2.31. The van der Waals surface area contributed by atoms with Crippen LogP contribution in [0.3, 0.4) is 0 Å². The van der Waals surface area contributed by atoms with Crippen LogP contribution in [-0.4, -0.2) is 28.9 Å². The summed E-state index contributed by atoms with van der Waals surface area (Å²) in [4.78, 5) is 25.2. The third-order valence-corrected chi connectivity index (χ3v) is 3.08. The van der Waals surface area contributed by atoms with E-state index in [1.165, 1.54) is 6.92 Å². The van der Waals surface area contributed by atoms with E-state index in [1.54, 1.807) is 4.90 Å². The van der Waals surface area contributed by atoms with Crippen molar-refractivity contribution in [1.29, 1.82) is 0 Å². The van der Waals surface area contributed by atoms with Gasteiger partial charge in [-0.3, -0.25) is 4.79 Å². The Bertz CT molecular complexity index is 477. The standard InChI is InChI=1S/C17H25NO3/c1-13(19)11-12-18(16(20)21-17(3,4)5)14(2)15-9-7-6-8-10-15/h6-10,14H,11-12H2,1-5H3. The largest absolute Gasteiger partial charge is 0.444 e. The van der Waals surface area contributed by atoms with Crippen molar-refractivity contribution in [1.82, 2.24) is 4.90 Å². The molecule has 0 N–H and O–H groups in total. The first-order valence-electron chi connectivity index (χ1n) is 7.24. The summed E-state index contributed by atoms with van der Waals surface area (Å²) >= 11 is 0. The Morgan fingerprint density at radius 2 is 1.76 bits per heavy atom. The first-order valence-corrected chi connectivity index (χ1v) is 7.24. The highest BCUT2D eigenvalue weighted by Gasteiger charge is 2.26. The average molecular weight is 291 g/mol. The van der Waals surface area contributed by atoms with Crippen molar-refractivity contribution < 1.29 is 14.3 Å². The van der Waals surface area contributed by atoms with E-state index >= 15 is 0 Å². The third kappa shape index (κ3) is 5.98. The van der Waals surface area contributed by atoms with E-state index in [0.717, 1.165) is 5.56 Å². The maximum atomic E-state index is 12.4. The number of nitrogens with zero attached hydrogens (tertiary/aromatic N) is 1. The van der Waals surface area contributed by atoms with Crippen LogP contribution in [-0.2, 0) is 9.53 Å². The zero-order valence-corrected chi connectivity index (χ0v) is 13.6. The van der Waals surface area contributed by atoms with Crippen LogP contribution in [0.15, 0.2) is 30.3 Å². The van der Waals surface area contributed by atoms with Crippen LogP contribution in [0.4, 0.5) is 4.79 Å². The molecule has 4 heteroatoms. The number of carbonyl (C=O) groups excluding carboxylic acids is 2. The molecule has 0 aromatic heterocycles. The van der Waals surface area contributed by atoms with Crippen LogP contribution < -0.4 is 0 Å². The summed E-state index contributed by atoms with van der Waals surface area (Å²) in [6.07, 6.45) is -0.0590. The molecule has 116 valence electrons. The lowest BCUT2D eigenvalue weighted by atomic mass is 10.1. The molecule has 0 aliphatic heterocycles. The fourth-order valence-electron chi connectivity index (χ4n) is 1.95. The van der Waals surface area contributed by atoms with Crippen LogP contribution in [0.1, 0.15) is 52.6 Å². The quantitative estimate of drug-likeness (QED) is 0.824. The number of Topliss-reactive ketones (excluding diaryl/α,β-unsaturated/α-hetero) is 1. The zero-order chi connectivity index (χ0) is 16.0. The average Bonchev–Trinajstić information content (AvgIpc) is 2.37. The molecule has 1 aromatic carbocycles. The number of amides is 1. The number of ketones is 1. The molecule has 1 aromatic rings. The second kappa shape index (κ2) is 7.25. The van der Waals surface area contributed by atoms with Gasteiger partial charge in [-0.05, 0) is 40.2 Å². The lowest BCUT2D eigenvalue weighted by molar-refractivity contribution is -0.117. The minimum absolute atomic E-state index is 0.0591. The van der Waals surface area contributed by atoms with Gasteiger partial charge in [0.05, 0.1) is 6.04 Å². The van der Waals surface area contributed by atoms with Crippen molar-refractivity contribution in [2.75, 3.05) is 6.54 Å². The zero-order valence-electron chi connectivity index (χ0n) is 13.6. The molecule has 0 heterocycles. The fraction of sp³-hybridized carbons (Fsp3) is 0.529. The monoisotopic (exact) mass is 291 g/mol. The van der Waals surface area contributed by atoms with Crippen molar-refractivity contribution in [3.8, 4) is 0 Å². The first-order chi connectivity index (χ1) is 9.70. The molecule has 1 amide bonds. The van der Waals surface area contributed by atoms with Gasteiger partial charge in [-0.15, -0.1) is 0 Å². The van der Waals surface area contributed by atoms with Gasteiger partial charge in [-0.25, -0.2) is 4.79 Å². The van der Waals surface area contributed by atoms with Gasteiger partial charge >= 0.3 is 6.09 Å². The summed E-state index contributed by atoms with van der Waals surface area (Å²) in [5.41, 5.74) is 0.467. The molecule has 0 aliphatic rings. The van der Waals surface area contributed by atoms with Gasteiger partial charge in [0.1, 0.15) is 11.4 Å². The highest BCUT2D eigenvalue weighted by molar-refractivity contribution is 5.76. The molecule has 0 fully saturated rings. The molecule has 1 unspecified atom stereocenters. The number of carbonyl (C=O) groups is 2. The summed E-state index contributed by atoms with van der Waals surface area (Å²) in [5.74, 6) is 0.0591. The van der Waals surface area contributed by atoms with E-state index < -0.39 is 5.60 Å². The maximum Gasteiger partial charge on any atom is 0.410 e. The van der Waals surface area contributed by atoms with E-state index in [4.69, 9.17) is 4.74 Å². The van der Waals surface area contributed by atoms with Crippen molar-refractivity contribution in [3.63, 3.8) is 0 Å². The summed E-state index contributed by atoms with van der Waals surface area (Å²) in [7, 11) is 0. The van der Waals surface area contributed by atoms with Gasteiger partial charge in [-0.1, -0.05) is 30.3 Å². The summed E-state index contributed by atoms with van der Waals surface area (Å²) in [5, 5.41) is 0. The van der Waals surface area contributed by atoms with Crippen molar-refractivity contribution in [2.24, 2.45) is 0 Å². The molecular weight excluding hydrogens is 266 g/mol. The Hall–Kier alpha value is -1.84. The Balaban J connectivity index is 2.90. The fourth-order valence-corrected chi connectivity index (χ4v) is 1.95. The van der Waals surface area contributed by atoms with Crippen molar-refractivity contribution >= 4 is 11.9 Å². The Morgan fingerprint density at radius 3 is 2.24 bits per heavy atom. The third-order valence-electron chi connectivity index (χ3n) is 3.08. The minimum atomic E-state index is -0.554.